The summed E-state index contributed by atoms with van der Waals surface area (Å²) in [6.45, 7) is 2.63. The summed E-state index contributed by atoms with van der Waals surface area (Å²) in [4.78, 5) is 15.2. The monoisotopic (exact) mass is 719 g/mol. The first kappa shape index (κ1) is 26.8. The third-order valence-electron chi connectivity index (χ3n) is 4.90. The highest BCUT2D eigenvalue weighted by Gasteiger charge is 2.33. The van der Waals surface area contributed by atoms with Crippen molar-refractivity contribution < 1.29 is 14.3 Å². The van der Waals surface area contributed by atoms with E-state index in [0.29, 0.717) is 37.4 Å². The molecule has 3 aromatic carbocycles. The average Bonchev–Trinajstić information content (AvgIpc) is 3.08. The first-order valence-electron chi connectivity index (χ1n) is 10.3. The molecule has 4 rings (SSSR count). The quantitative estimate of drug-likeness (QED) is 0.139. The fourth-order valence-electron chi connectivity index (χ4n) is 3.29. The lowest BCUT2D eigenvalue weighted by molar-refractivity contribution is -0.113. The Hall–Kier alpha value is -1.30. The van der Waals surface area contributed by atoms with Crippen LogP contribution in [0.15, 0.2) is 64.0 Å². The molecule has 1 saturated heterocycles. The van der Waals surface area contributed by atoms with Gasteiger partial charge in [-0.3, -0.25) is 9.69 Å². The number of rotatable bonds is 7. The number of hydrogen-bond acceptors (Lipinski definition) is 5. The zero-order valence-electron chi connectivity index (χ0n) is 18.2. The van der Waals surface area contributed by atoms with E-state index in [9.17, 15) is 4.79 Å². The number of nitrogens with zero attached hydrogens (tertiary/aromatic N) is 1. The lowest BCUT2D eigenvalue weighted by atomic mass is 10.1. The van der Waals surface area contributed by atoms with E-state index >= 15 is 0 Å². The molecule has 0 bridgehead atoms. The molecule has 3 aromatic rings. The van der Waals surface area contributed by atoms with Crippen molar-refractivity contribution in [3.05, 3.63) is 88.7 Å². The van der Waals surface area contributed by atoms with Gasteiger partial charge in [0.1, 0.15) is 6.61 Å². The van der Waals surface area contributed by atoms with E-state index in [1.165, 1.54) is 11.8 Å². The summed E-state index contributed by atoms with van der Waals surface area (Å²) in [5, 5.41) is 1.10. The van der Waals surface area contributed by atoms with Crippen LogP contribution in [0.2, 0.25) is 10.0 Å². The highest BCUT2D eigenvalue weighted by Crippen LogP contribution is 2.39. The normalized spacial score (nSPS) is 14.7. The Morgan fingerprint density at radius 2 is 1.86 bits per heavy atom. The Labute approximate surface area is 245 Å². The summed E-state index contributed by atoms with van der Waals surface area (Å²) in [5.41, 5.74) is 2.36. The third-order valence-corrected chi connectivity index (χ3v) is 8.11. The van der Waals surface area contributed by atoms with Crippen molar-refractivity contribution >= 4 is 108 Å². The molecule has 0 atom stereocenters. The molecule has 1 aliphatic heterocycles. The van der Waals surface area contributed by atoms with Crippen molar-refractivity contribution in [3.8, 4) is 11.5 Å². The Bertz CT molecular complexity index is 1340. The minimum absolute atomic E-state index is 0.159. The van der Waals surface area contributed by atoms with Gasteiger partial charge in [0, 0.05) is 20.1 Å². The molecule has 0 radical (unpaired) electrons. The minimum Gasteiger partial charge on any atom is -0.490 e. The number of thioether (sulfide) groups is 1. The third kappa shape index (κ3) is 6.34. The number of carbonyl (C=O) groups excluding carboxylic acids is 1. The molecule has 0 aromatic heterocycles. The molecule has 0 spiro atoms. The van der Waals surface area contributed by atoms with Crippen LogP contribution in [-0.4, -0.2) is 16.8 Å². The van der Waals surface area contributed by atoms with Crippen molar-refractivity contribution in [1.82, 2.24) is 0 Å². The largest absolute Gasteiger partial charge is 0.490 e. The van der Waals surface area contributed by atoms with Crippen molar-refractivity contribution in [2.24, 2.45) is 0 Å². The van der Waals surface area contributed by atoms with Crippen molar-refractivity contribution in [1.29, 1.82) is 0 Å². The van der Waals surface area contributed by atoms with Gasteiger partial charge in [0.2, 0.25) is 0 Å². The van der Waals surface area contributed by atoms with Crippen LogP contribution in [0.3, 0.4) is 0 Å². The maximum atomic E-state index is 13.1. The van der Waals surface area contributed by atoms with E-state index in [1.807, 2.05) is 55.5 Å². The Kier molecular flexibility index (Phi) is 9.04. The van der Waals surface area contributed by atoms with Gasteiger partial charge in [-0.25, -0.2) is 0 Å². The van der Waals surface area contributed by atoms with Gasteiger partial charge in [-0.15, -0.1) is 0 Å². The van der Waals surface area contributed by atoms with Crippen LogP contribution in [0, 0.1) is 3.57 Å². The zero-order chi connectivity index (χ0) is 25.1. The summed E-state index contributed by atoms with van der Waals surface area (Å²) >= 11 is 24.7. The Balaban J connectivity index is 1.60. The predicted octanol–water partition coefficient (Wildman–Crippen LogP) is 8.74. The number of anilines is 1. The van der Waals surface area contributed by atoms with Gasteiger partial charge < -0.3 is 9.47 Å². The first-order valence-corrected chi connectivity index (χ1v) is 14.2. The number of carbonyl (C=O) groups is 1. The van der Waals surface area contributed by atoms with Crippen LogP contribution in [0.25, 0.3) is 6.08 Å². The van der Waals surface area contributed by atoms with Gasteiger partial charge in [-0.2, -0.15) is 0 Å². The van der Waals surface area contributed by atoms with E-state index in [-0.39, 0.29) is 12.5 Å². The fourth-order valence-corrected chi connectivity index (χ4v) is 6.10. The maximum absolute atomic E-state index is 13.1. The predicted molar refractivity (Wildman–Crippen MR) is 161 cm³/mol. The summed E-state index contributed by atoms with van der Waals surface area (Å²) in [7, 11) is 0. The first-order chi connectivity index (χ1) is 16.8. The van der Waals surface area contributed by atoms with Crippen LogP contribution in [0.1, 0.15) is 18.1 Å². The topological polar surface area (TPSA) is 38.8 Å². The van der Waals surface area contributed by atoms with Crippen molar-refractivity contribution in [2.75, 3.05) is 11.5 Å². The highest BCUT2D eigenvalue weighted by atomic mass is 127. The summed E-state index contributed by atoms with van der Waals surface area (Å²) < 4.78 is 14.2. The van der Waals surface area contributed by atoms with Crippen LogP contribution >= 0.6 is 85.7 Å². The van der Waals surface area contributed by atoms with Crippen LogP contribution in [0.4, 0.5) is 5.69 Å². The molecule has 1 heterocycles. The fraction of sp³-hybridized carbons (Fsp3) is 0.120. The maximum Gasteiger partial charge on any atom is 0.270 e. The molecule has 1 amide bonds. The van der Waals surface area contributed by atoms with Gasteiger partial charge >= 0.3 is 0 Å². The molecule has 0 N–H and O–H groups in total. The Morgan fingerprint density at radius 3 is 2.54 bits per heavy atom. The number of ether oxygens (including phenoxy) is 2. The summed E-state index contributed by atoms with van der Waals surface area (Å²) in [5.74, 6) is 1.03. The van der Waals surface area contributed by atoms with Gasteiger partial charge in [-0.05, 0) is 89.7 Å². The second-order valence-corrected chi connectivity index (χ2v) is 11.9. The Morgan fingerprint density at radius 1 is 1.11 bits per heavy atom. The molecule has 0 aliphatic carbocycles. The van der Waals surface area contributed by atoms with E-state index in [1.54, 1.807) is 17.0 Å². The van der Waals surface area contributed by atoms with Crippen molar-refractivity contribution in [3.63, 3.8) is 0 Å². The number of benzene rings is 3. The average molecular weight is 721 g/mol. The van der Waals surface area contributed by atoms with E-state index in [0.717, 1.165) is 24.9 Å². The summed E-state index contributed by atoms with van der Waals surface area (Å²) in [6, 6.07) is 16.6. The van der Waals surface area contributed by atoms with Gasteiger partial charge in [-0.1, -0.05) is 69.2 Å². The number of thiocarbonyl (C=S) groups is 1. The molecule has 0 unspecified atom stereocenters. The van der Waals surface area contributed by atoms with Gasteiger partial charge in [0.15, 0.2) is 15.8 Å². The summed E-state index contributed by atoms with van der Waals surface area (Å²) in [6.07, 6.45) is 1.82. The molecular weight excluding hydrogens is 704 g/mol. The molecule has 10 heteroatoms. The number of amides is 1. The lowest BCUT2D eigenvalue weighted by Crippen LogP contribution is -2.27. The molecule has 1 fully saturated rings. The van der Waals surface area contributed by atoms with Gasteiger partial charge in [0.05, 0.1) is 20.8 Å². The highest BCUT2D eigenvalue weighted by molar-refractivity contribution is 14.1. The van der Waals surface area contributed by atoms with Crippen LogP contribution < -0.4 is 14.4 Å². The number of hydrogen-bond donors (Lipinski definition) is 0. The molecule has 4 nitrogen and oxygen atoms in total. The molecule has 35 heavy (non-hydrogen) atoms. The van der Waals surface area contributed by atoms with Crippen LogP contribution in [-0.2, 0) is 11.4 Å². The van der Waals surface area contributed by atoms with Crippen LogP contribution in [0.5, 0.6) is 11.5 Å². The second kappa shape index (κ2) is 11.8. The molecular formula is C25H17BrCl2INO3S2. The van der Waals surface area contributed by atoms with E-state index in [4.69, 9.17) is 44.9 Å². The molecule has 0 saturated carbocycles. The molecule has 180 valence electrons. The zero-order valence-corrected chi connectivity index (χ0v) is 25.1. The SMILES string of the molecule is CCOc1cc(/C=C2/SC(=S)N(c3ccc(Br)cc3)C2=O)cc(I)c1OCc1ccc(Cl)cc1Cl. The second-order valence-electron chi connectivity index (χ2n) is 7.28. The van der Waals surface area contributed by atoms with Gasteiger partial charge in [0.25, 0.3) is 5.91 Å². The van der Waals surface area contributed by atoms with E-state index < -0.39 is 0 Å². The lowest BCUT2D eigenvalue weighted by Gasteiger charge is -2.16. The minimum atomic E-state index is -0.159. The molecule has 1 aliphatic rings. The van der Waals surface area contributed by atoms with E-state index in [2.05, 4.69) is 38.5 Å². The van der Waals surface area contributed by atoms with Crippen molar-refractivity contribution in [2.45, 2.75) is 13.5 Å². The standard InChI is InChI=1S/C25H17BrCl2INO3S2/c1-2-32-21-10-14(9-20(29)23(21)33-13-15-3-6-17(27)12-19(15)28)11-22-24(31)30(25(34)35-22)18-7-4-16(26)5-8-18/h3-12H,2,13H2,1H3/b22-11+. The smallest absolute Gasteiger partial charge is 0.270 e. The number of halogens is 4.